The molecular formula is C34H30F6O3. The second-order valence-electron chi connectivity index (χ2n) is 10.5. The number of rotatable bonds is 10. The van der Waals surface area contributed by atoms with E-state index in [1.807, 2.05) is 24.3 Å². The zero-order valence-electron chi connectivity index (χ0n) is 23.4. The van der Waals surface area contributed by atoms with Crippen LogP contribution in [0.15, 0.2) is 78.9 Å². The smallest absolute Gasteiger partial charge is 0.346 e. The lowest BCUT2D eigenvalue weighted by Gasteiger charge is -2.32. The Bertz CT molecular complexity index is 1510. The van der Waals surface area contributed by atoms with E-state index >= 15 is 4.39 Å². The van der Waals surface area contributed by atoms with E-state index in [0.29, 0.717) is 23.3 Å². The van der Waals surface area contributed by atoms with Gasteiger partial charge < -0.3 is 14.2 Å². The molecule has 43 heavy (non-hydrogen) atoms. The molecule has 1 heterocycles. The molecule has 0 spiro atoms. The van der Waals surface area contributed by atoms with Crippen LogP contribution in [0.4, 0.5) is 26.3 Å². The lowest BCUT2D eigenvalue weighted by Crippen LogP contribution is -2.38. The topological polar surface area (TPSA) is 27.7 Å². The predicted molar refractivity (Wildman–Crippen MR) is 150 cm³/mol. The van der Waals surface area contributed by atoms with Crippen LogP contribution >= 0.6 is 0 Å². The number of alkyl halides is 2. The van der Waals surface area contributed by atoms with E-state index in [9.17, 15) is 22.0 Å². The van der Waals surface area contributed by atoms with Gasteiger partial charge in [-0.05, 0) is 65.4 Å². The van der Waals surface area contributed by atoms with E-state index in [-0.39, 0.29) is 24.3 Å². The molecule has 0 bridgehead atoms. The number of halogens is 6. The van der Waals surface area contributed by atoms with Crippen molar-refractivity contribution in [1.29, 1.82) is 0 Å². The Balaban J connectivity index is 1.27. The molecule has 1 fully saturated rings. The standard InChI is InChI=1S/C34H30F6O3/c1-2-3-4-5-21-6-8-22(9-7-21)24-12-15-28(29(36)16-24)25-17-30(37)32(31(38)18-25)34(39,40)43-27-19-41-33(42-20-27)23-10-13-26(35)14-11-23/h6-18,27,33H,2-5,19-20H2,1H3. The summed E-state index contributed by atoms with van der Waals surface area (Å²) in [7, 11) is 0. The van der Waals surface area contributed by atoms with E-state index in [0.717, 1.165) is 31.2 Å². The summed E-state index contributed by atoms with van der Waals surface area (Å²) in [5.41, 5.74) is 0.999. The maximum absolute atomic E-state index is 15.1. The van der Waals surface area contributed by atoms with Gasteiger partial charge in [0, 0.05) is 11.1 Å². The molecule has 0 N–H and O–H groups in total. The number of ether oxygens (including phenoxy) is 3. The minimum Gasteiger partial charge on any atom is -0.346 e. The van der Waals surface area contributed by atoms with Crippen LogP contribution in [0.1, 0.15) is 49.2 Å². The molecule has 4 aromatic rings. The summed E-state index contributed by atoms with van der Waals surface area (Å²) in [6, 6.07) is 18.5. The van der Waals surface area contributed by atoms with Crippen LogP contribution in [0, 0.1) is 23.3 Å². The summed E-state index contributed by atoms with van der Waals surface area (Å²) in [6.07, 6.45) is -2.34. The van der Waals surface area contributed by atoms with Crippen LogP contribution in [0.5, 0.6) is 0 Å². The molecule has 0 aliphatic carbocycles. The molecule has 0 radical (unpaired) electrons. The number of benzene rings is 4. The third-order valence-electron chi connectivity index (χ3n) is 7.29. The van der Waals surface area contributed by atoms with E-state index in [2.05, 4.69) is 6.92 Å². The molecule has 9 heteroatoms. The largest absolute Gasteiger partial charge is 0.389 e. The normalized spacial score (nSPS) is 17.3. The van der Waals surface area contributed by atoms with Gasteiger partial charge in [0.05, 0.1) is 13.2 Å². The fourth-order valence-corrected chi connectivity index (χ4v) is 5.01. The average molecular weight is 601 g/mol. The summed E-state index contributed by atoms with van der Waals surface area (Å²) in [6.45, 7) is 1.41. The minimum atomic E-state index is -4.38. The lowest BCUT2D eigenvalue weighted by molar-refractivity contribution is -0.322. The molecule has 0 saturated carbocycles. The van der Waals surface area contributed by atoms with Crippen LogP contribution in [0.2, 0.25) is 0 Å². The summed E-state index contributed by atoms with van der Waals surface area (Å²) in [5, 5.41) is 0. The van der Waals surface area contributed by atoms with Crippen LogP contribution in [0.3, 0.4) is 0 Å². The first kappa shape index (κ1) is 30.8. The van der Waals surface area contributed by atoms with Crippen molar-refractivity contribution in [2.75, 3.05) is 13.2 Å². The molecule has 1 aliphatic rings. The number of hydrogen-bond acceptors (Lipinski definition) is 3. The second-order valence-corrected chi connectivity index (χ2v) is 10.5. The molecule has 1 saturated heterocycles. The highest BCUT2D eigenvalue weighted by atomic mass is 19.3. The van der Waals surface area contributed by atoms with Crippen molar-refractivity contribution in [3.63, 3.8) is 0 Å². The van der Waals surface area contributed by atoms with Crippen LogP contribution in [-0.4, -0.2) is 19.3 Å². The third-order valence-corrected chi connectivity index (χ3v) is 7.29. The fraction of sp³-hybridized carbons (Fsp3) is 0.294. The summed E-state index contributed by atoms with van der Waals surface area (Å²) in [4.78, 5) is 0. The molecule has 5 rings (SSSR count). The Morgan fingerprint density at radius 2 is 1.33 bits per heavy atom. The average Bonchev–Trinajstić information content (AvgIpc) is 2.98. The maximum atomic E-state index is 15.1. The Kier molecular flexibility index (Phi) is 9.54. The predicted octanol–water partition coefficient (Wildman–Crippen LogP) is 9.49. The van der Waals surface area contributed by atoms with Crippen molar-refractivity contribution in [2.45, 2.75) is 51.1 Å². The molecule has 0 aromatic heterocycles. The van der Waals surface area contributed by atoms with Crippen LogP contribution in [-0.2, 0) is 26.7 Å². The zero-order chi connectivity index (χ0) is 30.6. The van der Waals surface area contributed by atoms with Crippen LogP contribution < -0.4 is 0 Å². The molecule has 4 aromatic carbocycles. The first-order valence-electron chi connectivity index (χ1n) is 14.1. The molecule has 1 aliphatic heterocycles. The fourth-order valence-electron chi connectivity index (χ4n) is 5.01. The Morgan fingerprint density at radius 3 is 1.93 bits per heavy atom. The van der Waals surface area contributed by atoms with Gasteiger partial charge in [-0.2, -0.15) is 8.78 Å². The van der Waals surface area contributed by atoms with Gasteiger partial charge in [-0.25, -0.2) is 17.6 Å². The van der Waals surface area contributed by atoms with Crippen molar-refractivity contribution in [1.82, 2.24) is 0 Å². The Morgan fingerprint density at radius 1 is 0.721 bits per heavy atom. The van der Waals surface area contributed by atoms with E-state index in [1.54, 1.807) is 6.07 Å². The highest BCUT2D eigenvalue weighted by Gasteiger charge is 2.43. The number of aryl methyl sites for hydroxylation is 1. The molecule has 0 atom stereocenters. The van der Waals surface area contributed by atoms with Gasteiger partial charge in [0.15, 0.2) is 6.29 Å². The number of hydrogen-bond donors (Lipinski definition) is 0. The maximum Gasteiger partial charge on any atom is 0.389 e. The van der Waals surface area contributed by atoms with E-state index < -0.39 is 47.3 Å². The van der Waals surface area contributed by atoms with Gasteiger partial charge in [-0.1, -0.05) is 68.3 Å². The molecule has 0 unspecified atom stereocenters. The third kappa shape index (κ3) is 7.29. The van der Waals surface area contributed by atoms with E-state index in [4.69, 9.17) is 14.2 Å². The van der Waals surface area contributed by atoms with Gasteiger partial charge in [-0.15, -0.1) is 0 Å². The second kappa shape index (κ2) is 13.3. The molecular weight excluding hydrogens is 570 g/mol. The molecule has 226 valence electrons. The Labute approximate surface area is 246 Å². The van der Waals surface area contributed by atoms with Crippen molar-refractivity contribution in [3.8, 4) is 22.3 Å². The SMILES string of the molecule is CCCCCc1ccc(-c2ccc(-c3cc(F)c(C(F)(F)OC4COC(c5ccc(F)cc5)OC4)c(F)c3)c(F)c2)cc1. The van der Waals surface area contributed by atoms with Crippen molar-refractivity contribution in [3.05, 3.63) is 119 Å². The van der Waals surface area contributed by atoms with Gasteiger partial charge in [0.1, 0.15) is 34.9 Å². The van der Waals surface area contributed by atoms with Crippen molar-refractivity contribution >= 4 is 0 Å². The first-order valence-corrected chi connectivity index (χ1v) is 14.1. The van der Waals surface area contributed by atoms with Crippen molar-refractivity contribution in [2.24, 2.45) is 0 Å². The molecule has 3 nitrogen and oxygen atoms in total. The van der Waals surface area contributed by atoms with Crippen molar-refractivity contribution < 1.29 is 40.6 Å². The Hall–Kier alpha value is -3.66. The highest BCUT2D eigenvalue weighted by molar-refractivity contribution is 5.71. The van der Waals surface area contributed by atoms with E-state index in [1.165, 1.54) is 42.0 Å². The first-order chi connectivity index (χ1) is 20.6. The minimum absolute atomic E-state index is 0.144. The highest BCUT2D eigenvalue weighted by Crippen LogP contribution is 2.39. The molecule has 0 amide bonds. The van der Waals surface area contributed by atoms with Gasteiger partial charge in [0.25, 0.3) is 0 Å². The van der Waals surface area contributed by atoms with Crippen LogP contribution in [0.25, 0.3) is 22.3 Å². The lowest BCUT2D eigenvalue weighted by atomic mass is 9.97. The monoisotopic (exact) mass is 600 g/mol. The van der Waals surface area contributed by atoms with Gasteiger partial charge in [0.2, 0.25) is 0 Å². The number of unbranched alkanes of at least 4 members (excludes halogenated alkanes) is 2. The summed E-state index contributed by atoms with van der Waals surface area (Å²) < 4.78 is 104. The quantitative estimate of drug-likeness (QED) is 0.134. The van der Waals surface area contributed by atoms with Gasteiger partial charge in [-0.3, -0.25) is 0 Å². The van der Waals surface area contributed by atoms with Gasteiger partial charge >= 0.3 is 6.11 Å². The summed E-state index contributed by atoms with van der Waals surface area (Å²) >= 11 is 0. The zero-order valence-corrected chi connectivity index (χ0v) is 23.4. The summed E-state index contributed by atoms with van der Waals surface area (Å²) in [5.74, 6) is -4.41.